The van der Waals surface area contributed by atoms with E-state index in [1.165, 1.54) is 12.4 Å². The molecular formula is C16H14Cl3N3O2. The number of likely N-dealkylation sites (tertiary alicyclic amines) is 1. The Morgan fingerprint density at radius 2 is 1.92 bits per heavy atom. The predicted octanol–water partition coefficient (Wildman–Crippen LogP) is 4.12. The number of rotatable bonds is 3. The Bertz CT molecular complexity index is 740. The van der Waals surface area contributed by atoms with Crippen LogP contribution in [0.1, 0.15) is 23.2 Å². The van der Waals surface area contributed by atoms with E-state index in [1.807, 2.05) is 0 Å². The molecule has 1 aromatic carbocycles. The fourth-order valence-corrected chi connectivity index (χ4v) is 3.15. The van der Waals surface area contributed by atoms with Crippen LogP contribution in [0.4, 0.5) is 0 Å². The molecule has 5 nitrogen and oxygen atoms in total. The first-order valence-corrected chi connectivity index (χ1v) is 8.55. The van der Waals surface area contributed by atoms with Gasteiger partial charge in [-0.2, -0.15) is 0 Å². The van der Waals surface area contributed by atoms with Crippen molar-refractivity contribution in [2.24, 2.45) is 0 Å². The third-order valence-electron chi connectivity index (χ3n) is 3.70. The maximum absolute atomic E-state index is 12.7. The molecule has 2 aromatic rings. The molecule has 0 aliphatic carbocycles. The highest BCUT2D eigenvalue weighted by atomic mass is 35.5. The molecule has 3 rings (SSSR count). The number of carbonyl (C=O) groups is 1. The first-order chi connectivity index (χ1) is 11.5. The Hall–Kier alpha value is -1.56. The van der Waals surface area contributed by atoms with Crippen LogP contribution in [0.2, 0.25) is 15.1 Å². The number of piperidine rings is 1. The average molecular weight is 387 g/mol. The summed E-state index contributed by atoms with van der Waals surface area (Å²) in [6.45, 7) is 1.10. The largest absolute Gasteiger partial charge is 0.458 e. The molecule has 126 valence electrons. The lowest BCUT2D eigenvalue weighted by atomic mass is 10.1. The van der Waals surface area contributed by atoms with E-state index in [4.69, 9.17) is 39.5 Å². The summed E-state index contributed by atoms with van der Waals surface area (Å²) in [5.41, 5.74) is 0.435. The Labute approximate surface area is 154 Å². The van der Waals surface area contributed by atoms with Crippen LogP contribution in [0.25, 0.3) is 0 Å². The predicted molar refractivity (Wildman–Crippen MR) is 93.1 cm³/mol. The number of amides is 1. The summed E-state index contributed by atoms with van der Waals surface area (Å²) in [5, 5.41) is 1.29. The summed E-state index contributed by atoms with van der Waals surface area (Å²) in [6.07, 6.45) is 4.43. The Morgan fingerprint density at radius 3 is 2.62 bits per heavy atom. The molecule has 1 aromatic heterocycles. The molecule has 8 heteroatoms. The maximum atomic E-state index is 12.7. The summed E-state index contributed by atoms with van der Waals surface area (Å²) < 4.78 is 5.75. The van der Waals surface area contributed by atoms with Gasteiger partial charge in [0, 0.05) is 11.6 Å². The van der Waals surface area contributed by atoms with Gasteiger partial charge in [-0.25, -0.2) is 9.97 Å². The normalized spacial score (nSPS) is 17.6. The van der Waals surface area contributed by atoms with Crippen LogP contribution in [-0.2, 0) is 0 Å². The average Bonchev–Trinajstić information content (AvgIpc) is 2.57. The maximum Gasteiger partial charge on any atom is 0.316 e. The monoisotopic (exact) mass is 385 g/mol. The SMILES string of the molecule is O=C(c1ccc(Cl)cc1Cl)N1CCCC(Oc2ncc(Cl)cn2)C1. The number of halogens is 3. The van der Waals surface area contributed by atoms with Crippen LogP contribution in [0.15, 0.2) is 30.6 Å². The number of benzene rings is 1. The molecule has 0 radical (unpaired) electrons. The highest BCUT2D eigenvalue weighted by Gasteiger charge is 2.27. The molecule has 0 spiro atoms. The molecule has 0 N–H and O–H groups in total. The molecule has 1 aliphatic heterocycles. The molecule has 0 bridgehead atoms. The van der Waals surface area contributed by atoms with Crippen LogP contribution in [0.5, 0.6) is 6.01 Å². The van der Waals surface area contributed by atoms with Crippen LogP contribution in [0.3, 0.4) is 0 Å². The lowest BCUT2D eigenvalue weighted by molar-refractivity contribution is 0.0516. The van der Waals surface area contributed by atoms with Crippen molar-refractivity contribution in [1.82, 2.24) is 14.9 Å². The first kappa shape index (κ1) is 17.3. The Balaban J connectivity index is 1.68. The number of hydrogen-bond acceptors (Lipinski definition) is 4. The van der Waals surface area contributed by atoms with Crippen molar-refractivity contribution in [3.05, 3.63) is 51.2 Å². The topological polar surface area (TPSA) is 55.3 Å². The fraction of sp³-hybridized carbons (Fsp3) is 0.312. The van der Waals surface area contributed by atoms with Crippen LogP contribution < -0.4 is 4.74 Å². The van der Waals surface area contributed by atoms with Gasteiger partial charge in [0.1, 0.15) is 6.10 Å². The fourth-order valence-electron chi connectivity index (χ4n) is 2.56. The minimum absolute atomic E-state index is 0.137. The Kier molecular flexibility index (Phi) is 5.43. The van der Waals surface area contributed by atoms with Crippen LogP contribution in [-0.4, -0.2) is 40.0 Å². The van der Waals surface area contributed by atoms with E-state index in [1.54, 1.807) is 23.1 Å². The van der Waals surface area contributed by atoms with Crippen molar-refractivity contribution in [2.45, 2.75) is 18.9 Å². The van der Waals surface area contributed by atoms with Crippen molar-refractivity contribution in [3.8, 4) is 6.01 Å². The third kappa shape index (κ3) is 4.09. The molecular weight excluding hydrogens is 373 g/mol. The van der Waals surface area contributed by atoms with Gasteiger partial charge in [-0.15, -0.1) is 0 Å². The van der Waals surface area contributed by atoms with E-state index in [2.05, 4.69) is 9.97 Å². The summed E-state index contributed by atoms with van der Waals surface area (Å²) >= 11 is 17.8. The van der Waals surface area contributed by atoms with E-state index < -0.39 is 0 Å². The second kappa shape index (κ2) is 7.55. The van der Waals surface area contributed by atoms with E-state index in [9.17, 15) is 4.79 Å². The van der Waals surface area contributed by atoms with Gasteiger partial charge in [-0.05, 0) is 31.0 Å². The molecule has 2 heterocycles. The van der Waals surface area contributed by atoms with Gasteiger partial charge in [0.2, 0.25) is 0 Å². The van der Waals surface area contributed by atoms with Gasteiger partial charge in [-0.1, -0.05) is 34.8 Å². The lowest BCUT2D eigenvalue weighted by Gasteiger charge is -2.32. The second-order valence-corrected chi connectivity index (χ2v) is 6.72. The molecule has 0 saturated carbocycles. The van der Waals surface area contributed by atoms with Crippen LogP contribution >= 0.6 is 34.8 Å². The molecule has 1 unspecified atom stereocenters. The number of ether oxygens (including phenoxy) is 1. The third-order valence-corrected chi connectivity index (χ3v) is 4.44. The summed E-state index contributed by atoms with van der Waals surface area (Å²) in [4.78, 5) is 22.4. The number of nitrogens with zero attached hydrogens (tertiary/aromatic N) is 3. The zero-order valence-corrected chi connectivity index (χ0v) is 14.9. The standard InChI is InChI=1S/C16H14Cl3N3O2/c17-10-3-4-13(14(19)6-10)15(23)22-5-1-2-12(9-22)24-16-20-7-11(18)8-21-16/h3-4,6-8,12H,1-2,5,9H2. The van der Waals surface area contributed by atoms with Gasteiger partial charge in [0.25, 0.3) is 5.91 Å². The highest BCUT2D eigenvalue weighted by Crippen LogP contribution is 2.24. The van der Waals surface area contributed by atoms with Gasteiger partial charge >= 0.3 is 6.01 Å². The van der Waals surface area contributed by atoms with Gasteiger partial charge in [0.05, 0.1) is 34.5 Å². The van der Waals surface area contributed by atoms with Gasteiger partial charge < -0.3 is 9.64 Å². The summed E-state index contributed by atoms with van der Waals surface area (Å²) in [5.74, 6) is -0.137. The minimum atomic E-state index is -0.171. The number of hydrogen-bond donors (Lipinski definition) is 0. The lowest BCUT2D eigenvalue weighted by Crippen LogP contribution is -2.44. The van der Waals surface area contributed by atoms with Crippen LogP contribution in [0, 0.1) is 0 Å². The Morgan fingerprint density at radius 1 is 1.17 bits per heavy atom. The number of aromatic nitrogens is 2. The van der Waals surface area contributed by atoms with E-state index >= 15 is 0 Å². The van der Waals surface area contributed by atoms with Crippen molar-refractivity contribution in [2.75, 3.05) is 13.1 Å². The molecule has 1 amide bonds. The van der Waals surface area contributed by atoms with E-state index in [0.29, 0.717) is 33.7 Å². The van der Waals surface area contributed by atoms with Crippen molar-refractivity contribution >= 4 is 40.7 Å². The quantitative estimate of drug-likeness (QED) is 0.796. The van der Waals surface area contributed by atoms with Gasteiger partial charge in [0.15, 0.2) is 0 Å². The molecule has 1 saturated heterocycles. The van der Waals surface area contributed by atoms with E-state index in [-0.39, 0.29) is 18.0 Å². The van der Waals surface area contributed by atoms with Gasteiger partial charge in [-0.3, -0.25) is 4.79 Å². The van der Waals surface area contributed by atoms with E-state index in [0.717, 1.165) is 12.8 Å². The molecule has 1 aliphatic rings. The van der Waals surface area contributed by atoms with Crippen molar-refractivity contribution in [3.63, 3.8) is 0 Å². The molecule has 24 heavy (non-hydrogen) atoms. The second-order valence-electron chi connectivity index (χ2n) is 5.44. The summed E-state index contributed by atoms with van der Waals surface area (Å²) in [6, 6.07) is 5.11. The van der Waals surface area contributed by atoms with Crippen molar-refractivity contribution < 1.29 is 9.53 Å². The number of carbonyl (C=O) groups excluding carboxylic acids is 1. The highest BCUT2D eigenvalue weighted by molar-refractivity contribution is 6.36. The smallest absolute Gasteiger partial charge is 0.316 e. The zero-order chi connectivity index (χ0) is 17.1. The van der Waals surface area contributed by atoms with Crippen molar-refractivity contribution in [1.29, 1.82) is 0 Å². The first-order valence-electron chi connectivity index (χ1n) is 7.41. The molecule has 1 atom stereocenters. The minimum Gasteiger partial charge on any atom is -0.458 e. The molecule has 1 fully saturated rings. The summed E-state index contributed by atoms with van der Waals surface area (Å²) in [7, 11) is 0. The zero-order valence-electron chi connectivity index (χ0n) is 12.6.